The molecule has 308 valence electrons. The molecule has 12 nitrogen and oxygen atoms in total. The van der Waals surface area contributed by atoms with E-state index in [-0.39, 0.29) is 46.4 Å². The normalized spacial score (nSPS) is 17.7. The number of hydrogen-bond donors (Lipinski definition) is 4. The maximum Gasteiger partial charge on any atom is 0.234 e. The van der Waals surface area contributed by atoms with Gasteiger partial charge in [0, 0.05) is 48.1 Å². The van der Waals surface area contributed by atoms with E-state index >= 15 is 0 Å². The quantitative estimate of drug-likeness (QED) is 0.136. The van der Waals surface area contributed by atoms with E-state index in [1.54, 1.807) is 0 Å². The van der Waals surface area contributed by atoms with Gasteiger partial charge in [0.25, 0.3) is 0 Å². The van der Waals surface area contributed by atoms with Gasteiger partial charge in [0.2, 0.25) is 23.6 Å². The lowest BCUT2D eigenvalue weighted by Gasteiger charge is -2.58. The molecule has 0 unspecified atom stereocenters. The highest BCUT2D eigenvalue weighted by Crippen LogP contribution is 2.51. The average molecular weight is 790 g/mol. The molecule has 1 spiro atoms. The summed E-state index contributed by atoms with van der Waals surface area (Å²) in [6.07, 6.45) is 5.28. The molecule has 3 aliphatic rings. The first-order chi connectivity index (χ1) is 27.6. The van der Waals surface area contributed by atoms with E-state index in [1.165, 1.54) is 6.39 Å². The Morgan fingerprint density at radius 3 is 2.03 bits per heavy atom. The van der Waals surface area contributed by atoms with E-state index in [0.717, 1.165) is 85.0 Å². The molecule has 4 aromatic rings. The largest absolute Gasteiger partial charge is 0.443 e. The molecular formula is C46H59N7O5. The molecule has 4 amide bonds. The summed E-state index contributed by atoms with van der Waals surface area (Å²) >= 11 is 0. The lowest BCUT2D eigenvalue weighted by atomic mass is 9.57. The van der Waals surface area contributed by atoms with E-state index in [9.17, 15) is 19.2 Å². The van der Waals surface area contributed by atoms with Gasteiger partial charge in [-0.2, -0.15) is 0 Å². The number of aromatic nitrogens is 1. The van der Waals surface area contributed by atoms with Crippen LogP contribution in [0, 0.1) is 17.3 Å². The Morgan fingerprint density at radius 1 is 0.741 bits per heavy atom. The van der Waals surface area contributed by atoms with Gasteiger partial charge in [-0.25, -0.2) is 4.98 Å². The Labute approximate surface area is 341 Å². The van der Waals surface area contributed by atoms with Gasteiger partial charge in [-0.1, -0.05) is 60.7 Å². The van der Waals surface area contributed by atoms with Gasteiger partial charge in [-0.05, 0) is 113 Å². The number of piperidine rings is 1. The monoisotopic (exact) mass is 789 g/mol. The minimum Gasteiger partial charge on any atom is -0.443 e. The van der Waals surface area contributed by atoms with Crippen molar-refractivity contribution in [2.75, 3.05) is 39.3 Å². The topological polar surface area (TPSA) is 149 Å². The number of fused-ring (bicyclic) bond motifs is 1. The number of benzene rings is 3. The van der Waals surface area contributed by atoms with Gasteiger partial charge in [0.05, 0.1) is 19.6 Å². The number of amides is 4. The smallest absolute Gasteiger partial charge is 0.234 e. The lowest BCUT2D eigenvalue weighted by molar-refractivity contribution is -0.148. The summed E-state index contributed by atoms with van der Waals surface area (Å²) in [4.78, 5) is 60.0. The second-order valence-electron chi connectivity index (χ2n) is 18.7. The van der Waals surface area contributed by atoms with E-state index in [0.29, 0.717) is 38.4 Å². The number of nitrogens with one attached hydrogen (secondary N) is 4. The molecule has 3 aromatic carbocycles. The highest BCUT2D eigenvalue weighted by molar-refractivity contribution is 5.85. The zero-order valence-electron chi connectivity index (χ0n) is 34.7. The maximum atomic E-state index is 13.1. The second kappa shape index (κ2) is 17.0. The van der Waals surface area contributed by atoms with Crippen molar-refractivity contribution in [3.63, 3.8) is 0 Å². The first kappa shape index (κ1) is 41.1. The molecule has 7 rings (SSSR count). The molecule has 4 N–H and O–H groups in total. The summed E-state index contributed by atoms with van der Waals surface area (Å²) in [6.45, 7) is 14.7. The average Bonchev–Trinajstić information content (AvgIpc) is 3.61. The second-order valence-corrected chi connectivity index (χ2v) is 18.7. The number of hydrogen-bond acceptors (Lipinski definition) is 8. The fraction of sp³-hybridized carbons (Fsp3) is 0.500. The van der Waals surface area contributed by atoms with E-state index < -0.39 is 5.54 Å². The van der Waals surface area contributed by atoms with Crippen LogP contribution in [0.3, 0.4) is 0 Å². The highest BCUT2D eigenvalue weighted by atomic mass is 16.3. The van der Waals surface area contributed by atoms with Crippen molar-refractivity contribution in [3.8, 4) is 11.3 Å². The summed E-state index contributed by atoms with van der Waals surface area (Å²) in [5, 5.41) is 14.7. The molecule has 58 heavy (non-hydrogen) atoms. The van der Waals surface area contributed by atoms with E-state index in [1.807, 2.05) is 51.1 Å². The fourth-order valence-corrected chi connectivity index (χ4v) is 9.06. The number of nitrogens with zero attached hydrogens (tertiary/aromatic N) is 3. The van der Waals surface area contributed by atoms with Crippen LogP contribution >= 0.6 is 0 Å². The van der Waals surface area contributed by atoms with Crippen molar-refractivity contribution < 1.29 is 23.6 Å². The van der Waals surface area contributed by atoms with Crippen LogP contribution in [-0.2, 0) is 38.7 Å². The maximum absolute atomic E-state index is 13.1. The summed E-state index contributed by atoms with van der Waals surface area (Å²) < 4.78 is 5.59. The SMILES string of the molecule is CC(C)(C)NC(=O)CN1CCC(C(=O)NCc2ccc3cc(CC(C)(C)NC(=O)CN4CC5(CC(C(=O)NCc6ncoc6-c6ccccc6)C5)C4)ccc3c2)CC1. The Kier molecular flexibility index (Phi) is 12.1. The van der Waals surface area contributed by atoms with E-state index in [4.69, 9.17) is 4.42 Å². The van der Waals surface area contributed by atoms with Gasteiger partial charge in [-0.3, -0.25) is 29.0 Å². The number of carbonyl (C=O) groups excluding carboxylic acids is 4. The van der Waals surface area contributed by atoms with Gasteiger partial charge in [-0.15, -0.1) is 0 Å². The Balaban J connectivity index is 0.797. The summed E-state index contributed by atoms with van der Waals surface area (Å²) in [5.74, 6) is 0.774. The molecule has 1 saturated carbocycles. The van der Waals surface area contributed by atoms with Crippen LogP contribution in [0.15, 0.2) is 77.5 Å². The third-order valence-electron chi connectivity index (χ3n) is 11.7. The van der Waals surface area contributed by atoms with Crippen molar-refractivity contribution >= 4 is 34.4 Å². The van der Waals surface area contributed by atoms with Crippen LogP contribution in [0.2, 0.25) is 0 Å². The van der Waals surface area contributed by atoms with Crippen molar-refractivity contribution in [1.29, 1.82) is 0 Å². The van der Waals surface area contributed by atoms with Crippen molar-refractivity contribution in [1.82, 2.24) is 36.1 Å². The number of rotatable bonds is 14. The zero-order chi connectivity index (χ0) is 41.1. The third kappa shape index (κ3) is 10.5. The van der Waals surface area contributed by atoms with Gasteiger partial charge in [0.1, 0.15) is 5.69 Å². The number of likely N-dealkylation sites (tertiary alicyclic amines) is 2. The van der Waals surface area contributed by atoms with E-state index in [2.05, 4.69) is 86.3 Å². The molecule has 3 fully saturated rings. The molecule has 1 aliphatic carbocycles. The Bertz CT molecular complexity index is 2100. The fourth-order valence-electron chi connectivity index (χ4n) is 9.06. The summed E-state index contributed by atoms with van der Waals surface area (Å²) in [6, 6.07) is 22.5. The van der Waals surface area contributed by atoms with Crippen LogP contribution in [0.25, 0.3) is 22.1 Å². The minimum atomic E-state index is -0.434. The minimum absolute atomic E-state index is 0.0110. The van der Waals surface area contributed by atoms with Crippen LogP contribution in [0.1, 0.15) is 77.1 Å². The van der Waals surface area contributed by atoms with Crippen molar-refractivity contribution in [2.45, 2.75) is 90.9 Å². The van der Waals surface area contributed by atoms with Crippen molar-refractivity contribution in [2.24, 2.45) is 17.3 Å². The molecule has 0 radical (unpaired) electrons. The molecule has 3 heterocycles. The third-order valence-corrected chi connectivity index (χ3v) is 11.7. The Morgan fingerprint density at radius 2 is 1.34 bits per heavy atom. The van der Waals surface area contributed by atoms with Gasteiger partial charge < -0.3 is 25.7 Å². The summed E-state index contributed by atoms with van der Waals surface area (Å²) in [7, 11) is 0. The van der Waals surface area contributed by atoms with Crippen LogP contribution in [0.4, 0.5) is 0 Å². The summed E-state index contributed by atoms with van der Waals surface area (Å²) in [5.41, 5.74) is 3.28. The molecule has 2 saturated heterocycles. The number of carbonyl (C=O) groups is 4. The molecular weight excluding hydrogens is 731 g/mol. The molecule has 1 aromatic heterocycles. The zero-order valence-corrected chi connectivity index (χ0v) is 34.7. The molecule has 12 heteroatoms. The van der Waals surface area contributed by atoms with Crippen LogP contribution in [-0.4, -0.2) is 88.8 Å². The van der Waals surface area contributed by atoms with Crippen LogP contribution < -0.4 is 21.3 Å². The van der Waals surface area contributed by atoms with Crippen LogP contribution in [0.5, 0.6) is 0 Å². The first-order valence-corrected chi connectivity index (χ1v) is 20.7. The van der Waals surface area contributed by atoms with Gasteiger partial charge >= 0.3 is 0 Å². The standard InChI is InChI=1S/C46H59N7O5/c1-44(2,3)50-39(54)26-52-17-15-34(16-18-52)42(56)47-24-32-12-14-35-19-31(11-13-36(35)20-32)21-45(4,5)51-40(55)27-53-28-46(29-53)22-37(23-46)43(57)48-25-38-41(58-30-49-38)33-9-7-6-8-10-33/h6-14,19-20,30,34,37H,15-18,21-29H2,1-5H3,(H,47,56)(H,48,57)(H,50,54)(H,51,55). The molecule has 0 bridgehead atoms. The predicted octanol–water partition coefficient (Wildman–Crippen LogP) is 5.20. The lowest BCUT2D eigenvalue weighted by Crippen LogP contribution is -2.65. The Hall–Kier alpha value is -5.07. The first-order valence-electron chi connectivity index (χ1n) is 20.7. The highest BCUT2D eigenvalue weighted by Gasteiger charge is 2.54. The molecule has 2 aliphatic heterocycles. The molecule has 0 atom stereocenters. The predicted molar refractivity (Wildman–Crippen MR) is 224 cm³/mol. The van der Waals surface area contributed by atoms with Gasteiger partial charge in [0.15, 0.2) is 12.2 Å². The number of oxazole rings is 1. The van der Waals surface area contributed by atoms with Crippen molar-refractivity contribution in [3.05, 3.63) is 89.9 Å².